The quantitative estimate of drug-likeness (QED) is 0.888. The third-order valence-electron chi connectivity index (χ3n) is 4.33. The molecule has 24 heavy (non-hydrogen) atoms. The van der Waals surface area contributed by atoms with E-state index in [1.54, 1.807) is 0 Å². The number of hydrogen-bond donors (Lipinski definition) is 1. The number of nitrogens with zero attached hydrogens (tertiary/aromatic N) is 1. The highest BCUT2D eigenvalue weighted by atomic mass is 16.2. The summed E-state index contributed by atoms with van der Waals surface area (Å²) in [5.41, 5.74) is 2.31. The van der Waals surface area contributed by atoms with Gasteiger partial charge in [0, 0.05) is 19.5 Å². The maximum absolute atomic E-state index is 12.8. The minimum absolute atomic E-state index is 0.0145. The lowest BCUT2D eigenvalue weighted by Crippen LogP contribution is -2.44. The van der Waals surface area contributed by atoms with Crippen LogP contribution in [0.1, 0.15) is 24.0 Å². The fourth-order valence-electron chi connectivity index (χ4n) is 3.00. The van der Waals surface area contributed by atoms with Crippen molar-refractivity contribution in [3.05, 3.63) is 71.8 Å². The lowest BCUT2D eigenvalue weighted by Gasteiger charge is -2.26. The molecule has 0 saturated carbocycles. The second-order valence-corrected chi connectivity index (χ2v) is 6.14. The Kier molecular flexibility index (Phi) is 5.26. The van der Waals surface area contributed by atoms with Crippen LogP contribution in [0.2, 0.25) is 0 Å². The molecule has 0 bridgehead atoms. The SMILES string of the molecule is O=C1CC[C@H](C(=O)N(CCc2ccccc2)Cc2ccccc2)N1. The predicted octanol–water partition coefficient (Wildman–Crippen LogP) is 2.54. The number of benzene rings is 2. The first kappa shape index (κ1) is 16.2. The summed E-state index contributed by atoms with van der Waals surface area (Å²) in [6, 6.07) is 19.8. The first-order valence-corrected chi connectivity index (χ1v) is 8.38. The van der Waals surface area contributed by atoms with Crippen molar-refractivity contribution in [2.24, 2.45) is 0 Å². The van der Waals surface area contributed by atoms with E-state index in [-0.39, 0.29) is 17.9 Å². The van der Waals surface area contributed by atoms with Gasteiger partial charge in [-0.15, -0.1) is 0 Å². The number of carbonyl (C=O) groups excluding carboxylic acids is 2. The summed E-state index contributed by atoms with van der Waals surface area (Å²) < 4.78 is 0. The predicted molar refractivity (Wildman–Crippen MR) is 93.2 cm³/mol. The molecule has 0 aliphatic carbocycles. The molecular weight excluding hydrogens is 300 g/mol. The van der Waals surface area contributed by atoms with Crippen molar-refractivity contribution in [1.82, 2.24) is 10.2 Å². The zero-order valence-corrected chi connectivity index (χ0v) is 13.7. The number of amides is 2. The topological polar surface area (TPSA) is 49.4 Å². The van der Waals surface area contributed by atoms with Gasteiger partial charge in [-0.1, -0.05) is 60.7 Å². The molecule has 1 aliphatic rings. The molecule has 1 saturated heterocycles. The Balaban J connectivity index is 1.70. The van der Waals surface area contributed by atoms with E-state index < -0.39 is 0 Å². The minimum atomic E-state index is -0.378. The molecule has 124 valence electrons. The van der Waals surface area contributed by atoms with Gasteiger partial charge in [-0.3, -0.25) is 9.59 Å². The molecule has 1 N–H and O–H groups in total. The van der Waals surface area contributed by atoms with Gasteiger partial charge < -0.3 is 10.2 Å². The fraction of sp³-hybridized carbons (Fsp3) is 0.300. The van der Waals surface area contributed by atoms with Gasteiger partial charge in [0.1, 0.15) is 6.04 Å². The number of carbonyl (C=O) groups is 2. The molecule has 4 nitrogen and oxygen atoms in total. The molecule has 3 rings (SSSR count). The monoisotopic (exact) mass is 322 g/mol. The Labute approximate surface area is 142 Å². The van der Waals surface area contributed by atoms with Gasteiger partial charge in [0.15, 0.2) is 0 Å². The third-order valence-corrected chi connectivity index (χ3v) is 4.33. The van der Waals surface area contributed by atoms with Crippen LogP contribution < -0.4 is 5.32 Å². The minimum Gasteiger partial charge on any atom is -0.344 e. The average Bonchev–Trinajstić information content (AvgIpc) is 3.06. The summed E-state index contributed by atoms with van der Waals surface area (Å²) >= 11 is 0. The summed E-state index contributed by atoms with van der Waals surface area (Å²) in [4.78, 5) is 26.1. The summed E-state index contributed by atoms with van der Waals surface area (Å²) in [5, 5.41) is 2.79. The van der Waals surface area contributed by atoms with Crippen LogP contribution in [0.4, 0.5) is 0 Å². The Morgan fingerprint density at radius 2 is 1.62 bits per heavy atom. The van der Waals surface area contributed by atoms with E-state index >= 15 is 0 Å². The molecule has 1 atom stereocenters. The van der Waals surface area contributed by atoms with Crippen LogP contribution in [0.15, 0.2) is 60.7 Å². The number of rotatable bonds is 6. The van der Waals surface area contributed by atoms with Crippen molar-refractivity contribution < 1.29 is 9.59 Å². The van der Waals surface area contributed by atoms with Crippen LogP contribution >= 0.6 is 0 Å². The molecule has 1 heterocycles. The number of nitrogens with one attached hydrogen (secondary N) is 1. The van der Waals surface area contributed by atoms with Crippen LogP contribution in [-0.4, -0.2) is 29.3 Å². The van der Waals surface area contributed by atoms with Gasteiger partial charge in [-0.25, -0.2) is 0 Å². The smallest absolute Gasteiger partial charge is 0.245 e. The first-order valence-electron chi connectivity index (χ1n) is 8.38. The van der Waals surface area contributed by atoms with E-state index in [0.717, 1.165) is 12.0 Å². The van der Waals surface area contributed by atoms with E-state index in [2.05, 4.69) is 17.4 Å². The molecule has 2 amide bonds. The van der Waals surface area contributed by atoms with Gasteiger partial charge in [0.25, 0.3) is 0 Å². The van der Waals surface area contributed by atoms with E-state index in [9.17, 15) is 9.59 Å². The molecule has 2 aromatic rings. The van der Waals surface area contributed by atoms with Crippen LogP contribution in [0, 0.1) is 0 Å². The molecule has 0 unspecified atom stereocenters. The molecule has 0 radical (unpaired) electrons. The lowest BCUT2D eigenvalue weighted by atomic mass is 10.1. The van der Waals surface area contributed by atoms with Gasteiger partial charge in [-0.2, -0.15) is 0 Å². The van der Waals surface area contributed by atoms with E-state index in [1.165, 1.54) is 5.56 Å². The van der Waals surface area contributed by atoms with Crippen molar-refractivity contribution in [2.75, 3.05) is 6.54 Å². The Hall–Kier alpha value is -2.62. The molecule has 4 heteroatoms. The van der Waals surface area contributed by atoms with Crippen molar-refractivity contribution in [3.63, 3.8) is 0 Å². The highest BCUT2D eigenvalue weighted by Gasteiger charge is 2.30. The van der Waals surface area contributed by atoms with Crippen LogP contribution in [0.5, 0.6) is 0 Å². The van der Waals surface area contributed by atoms with Crippen LogP contribution in [0.25, 0.3) is 0 Å². The van der Waals surface area contributed by atoms with Crippen LogP contribution in [0.3, 0.4) is 0 Å². The summed E-state index contributed by atoms with van der Waals surface area (Å²) in [7, 11) is 0. The lowest BCUT2D eigenvalue weighted by molar-refractivity contribution is -0.135. The van der Waals surface area contributed by atoms with E-state index in [0.29, 0.717) is 25.9 Å². The first-order chi connectivity index (χ1) is 11.7. The second kappa shape index (κ2) is 7.77. The fourth-order valence-corrected chi connectivity index (χ4v) is 3.00. The second-order valence-electron chi connectivity index (χ2n) is 6.14. The van der Waals surface area contributed by atoms with Gasteiger partial charge in [0.05, 0.1) is 0 Å². The molecule has 0 aromatic heterocycles. The van der Waals surface area contributed by atoms with E-state index in [4.69, 9.17) is 0 Å². The molecule has 2 aromatic carbocycles. The Bertz CT molecular complexity index is 685. The Morgan fingerprint density at radius 1 is 1.00 bits per heavy atom. The molecule has 1 fully saturated rings. The van der Waals surface area contributed by atoms with Gasteiger partial charge in [0.2, 0.25) is 11.8 Å². The van der Waals surface area contributed by atoms with E-state index in [1.807, 2.05) is 53.4 Å². The largest absolute Gasteiger partial charge is 0.344 e. The standard InChI is InChI=1S/C20H22N2O2/c23-19-12-11-18(21-19)20(24)22(15-17-9-5-2-6-10-17)14-13-16-7-3-1-4-8-16/h1-10,18H,11-15H2,(H,21,23)/t18-/m1/s1. The molecule has 0 spiro atoms. The third kappa shape index (κ3) is 4.22. The van der Waals surface area contributed by atoms with Gasteiger partial charge in [-0.05, 0) is 24.0 Å². The zero-order valence-electron chi connectivity index (χ0n) is 13.7. The van der Waals surface area contributed by atoms with Crippen molar-refractivity contribution in [1.29, 1.82) is 0 Å². The molecule has 1 aliphatic heterocycles. The van der Waals surface area contributed by atoms with Crippen molar-refractivity contribution in [2.45, 2.75) is 31.8 Å². The summed E-state index contributed by atoms with van der Waals surface area (Å²) in [6.07, 6.45) is 1.84. The Morgan fingerprint density at radius 3 is 2.21 bits per heavy atom. The number of hydrogen-bond acceptors (Lipinski definition) is 2. The highest BCUT2D eigenvalue weighted by Crippen LogP contribution is 2.14. The maximum Gasteiger partial charge on any atom is 0.245 e. The highest BCUT2D eigenvalue weighted by molar-refractivity contribution is 5.90. The summed E-state index contributed by atoms with van der Waals surface area (Å²) in [5.74, 6) is -0.0169. The van der Waals surface area contributed by atoms with Crippen LogP contribution in [-0.2, 0) is 22.6 Å². The maximum atomic E-state index is 12.8. The average molecular weight is 322 g/mol. The molecular formula is C20H22N2O2. The van der Waals surface area contributed by atoms with Crippen molar-refractivity contribution >= 4 is 11.8 Å². The normalized spacial score (nSPS) is 16.7. The zero-order chi connectivity index (χ0) is 16.8. The summed E-state index contributed by atoms with van der Waals surface area (Å²) in [6.45, 7) is 1.21. The van der Waals surface area contributed by atoms with Crippen molar-refractivity contribution in [3.8, 4) is 0 Å². The van der Waals surface area contributed by atoms with Gasteiger partial charge >= 0.3 is 0 Å².